The summed E-state index contributed by atoms with van der Waals surface area (Å²) in [7, 11) is 2.15. The van der Waals surface area contributed by atoms with E-state index in [1.165, 1.54) is 17.0 Å². The van der Waals surface area contributed by atoms with Crippen LogP contribution in [0.15, 0.2) is 23.1 Å². The van der Waals surface area contributed by atoms with Gasteiger partial charge in [0.05, 0.1) is 24.0 Å². The van der Waals surface area contributed by atoms with Crippen molar-refractivity contribution in [3.8, 4) is 0 Å². The molecule has 5 nitrogen and oxygen atoms in total. The number of imidazole rings is 1. The largest absolute Gasteiger partial charge is 0.469 e. The van der Waals surface area contributed by atoms with Crippen molar-refractivity contribution < 1.29 is 4.42 Å². The van der Waals surface area contributed by atoms with E-state index in [1.807, 2.05) is 13.0 Å². The lowest BCUT2D eigenvalue weighted by atomic mass is 10.0. The minimum atomic E-state index is 0.466. The average Bonchev–Trinajstić information content (AvgIpc) is 2.98. The average molecular weight is 260 g/mol. The number of fused-ring (bicyclic) bond motifs is 1. The summed E-state index contributed by atoms with van der Waals surface area (Å²) in [5.41, 5.74) is 3.69. The normalized spacial score (nSPS) is 18.8. The molecule has 0 bridgehead atoms. The number of hydrogen-bond acceptors (Lipinski definition) is 4. The van der Waals surface area contributed by atoms with Crippen LogP contribution in [0.4, 0.5) is 0 Å². The standard InChI is InChI=1S/C14H20N4O/c1-10-11(3-4-19-10)7-18(2)8-12-5-13-14(6-15-12)17-9-16-13/h3-4,9,12,15H,5-8H2,1-2H3,(H,16,17). The lowest BCUT2D eigenvalue weighted by Gasteiger charge is -2.27. The van der Waals surface area contributed by atoms with Crippen LogP contribution in [-0.4, -0.2) is 34.5 Å². The van der Waals surface area contributed by atoms with Gasteiger partial charge in [0.25, 0.3) is 0 Å². The van der Waals surface area contributed by atoms with Gasteiger partial charge in [-0.05, 0) is 20.0 Å². The van der Waals surface area contributed by atoms with Crippen molar-refractivity contribution in [2.75, 3.05) is 13.6 Å². The number of rotatable bonds is 4. The molecule has 1 aliphatic rings. The van der Waals surface area contributed by atoms with Crippen LogP contribution in [0.25, 0.3) is 0 Å². The van der Waals surface area contributed by atoms with Gasteiger partial charge in [0.1, 0.15) is 5.76 Å². The highest BCUT2D eigenvalue weighted by molar-refractivity contribution is 5.17. The molecule has 2 aromatic rings. The minimum absolute atomic E-state index is 0.466. The molecule has 0 saturated heterocycles. The van der Waals surface area contributed by atoms with Crippen molar-refractivity contribution in [3.05, 3.63) is 41.4 Å². The van der Waals surface area contributed by atoms with Gasteiger partial charge in [-0.2, -0.15) is 0 Å². The number of H-pyrrole nitrogens is 1. The van der Waals surface area contributed by atoms with E-state index in [0.717, 1.165) is 31.8 Å². The van der Waals surface area contributed by atoms with E-state index in [0.29, 0.717) is 6.04 Å². The Bertz CT molecular complexity index is 545. The fraction of sp³-hybridized carbons (Fsp3) is 0.500. The van der Waals surface area contributed by atoms with Crippen molar-refractivity contribution in [3.63, 3.8) is 0 Å². The van der Waals surface area contributed by atoms with E-state index in [-0.39, 0.29) is 0 Å². The molecule has 19 heavy (non-hydrogen) atoms. The van der Waals surface area contributed by atoms with Gasteiger partial charge in [0, 0.05) is 37.7 Å². The van der Waals surface area contributed by atoms with E-state index in [4.69, 9.17) is 4.42 Å². The first-order valence-electron chi connectivity index (χ1n) is 6.68. The van der Waals surface area contributed by atoms with Gasteiger partial charge >= 0.3 is 0 Å². The Kier molecular flexibility index (Phi) is 3.40. The Hall–Kier alpha value is -1.59. The Labute approximate surface area is 113 Å². The van der Waals surface area contributed by atoms with Crippen molar-refractivity contribution in [2.45, 2.75) is 32.5 Å². The van der Waals surface area contributed by atoms with Crippen molar-refractivity contribution in [2.24, 2.45) is 0 Å². The second-order valence-corrected chi connectivity index (χ2v) is 5.31. The van der Waals surface area contributed by atoms with E-state index in [2.05, 4.69) is 27.2 Å². The highest BCUT2D eigenvalue weighted by atomic mass is 16.3. The molecular weight excluding hydrogens is 240 g/mol. The molecule has 1 unspecified atom stereocenters. The molecule has 0 aliphatic carbocycles. The zero-order valence-electron chi connectivity index (χ0n) is 11.4. The zero-order valence-corrected chi connectivity index (χ0v) is 11.4. The van der Waals surface area contributed by atoms with Gasteiger partial charge < -0.3 is 19.6 Å². The Balaban J connectivity index is 1.56. The first-order chi connectivity index (χ1) is 9.22. The summed E-state index contributed by atoms with van der Waals surface area (Å²) in [5, 5.41) is 3.55. The highest BCUT2D eigenvalue weighted by Crippen LogP contribution is 2.15. The van der Waals surface area contributed by atoms with Gasteiger partial charge in [0.15, 0.2) is 0 Å². The Morgan fingerprint density at radius 3 is 3.21 bits per heavy atom. The predicted octanol–water partition coefficient (Wildman–Crippen LogP) is 1.46. The van der Waals surface area contributed by atoms with E-state index >= 15 is 0 Å². The third-order valence-corrected chi connectivity index (χ3v) is 3.75. The van der Waals surface area contributed by atoms with Crippen LogP contribution in [0.1, 0.15) is 22.7 Å². The quantitative estimate of drug-likeness (QED) is 0.874. The SMILES string of the molecule is Cc1occc1CN(C)CC1Cc2nc[nH]c2CN1. The van der Waals surface area contributed by atoms with Crippen molar-refractivity contribution in [1.82, 2.24) is 20.2 Å². The lowest BCUT2D eigenvalue weighted by Crippen LogP contribution is -2.43. The maximum Gasteiger partial charge on any atom is 0.105 e. The molecule has 0 radical (unpaired) electrons. The molecule has 2 N–H and O–H groups in total. The number of nitrogens with zero attached hydrogens (tertiary/aromatic N) is 2. The molecule has 3 rings (SSSR count). The summed E-state index contributed by atoms with van der Waals surface area (Å²) in [6.07, 6.45) is 4.54. The number of aromatic nitrogens is 2. The molecule has 2 aromatic heterocycles. The number of aryl methyl sites for hydroxylation is 1. The summed E-state index contributed by atoms with van der Waals surface area (Å²) < 4.78 is 5.34. The number of nitrogens with one attached hydrogen (secondary N) is 2. The van der Waals surface area contributed by atoms with Crippen molar-refractivity contribution in [1.29, 1.82) is 0 Å². The molecule has 1 aliphatic heterocycles. The van der Waals surface area contributed by atoms with E-state index in [9.17, 15) is 0 Å². The van der Waals surface area contributed by atoms with Crippen LogP contribution in [0, 0.1) is 6.92 Å². The molecule has 0 aromatic carbocycles. The highest BCUT2D eigenvalue weighted by Gasteiger charge is 2.21. The molecule has 0 amide bonds. The molecule has 102 valence electrons. The Morgan fingerprint density at radius 2 is 2.42 bits per heavy atom. The maximum absolute atomic E-state index is 5.34. The van der Waals surface area contributed by atoms with E-state index < -0.39 is 0 Å². The summed E-state index contributed by atoms with van der Waals surface area (Å²) >= 11 is 0. The summed E-state index contributed by atoms with van der Waals surface area (Å²) in [6.45, 7) is 4.83. The molecule has 0 spiro atoms. The molecule has 3 heterocycles. The zero-order chi connectivity index (χ0) is 13.2. The van der Waals surface area contributed by atoms with Crippen LogP contribution >= 0.6 is 0 Å². The lowest BCUT2D eigenvalue weighted by molar-refractivity contribution is 0.271. The fourth-order valence-corrected chi connectivity index (χ4v) is 2.67. The topological polar surface area (TPSA) is 57.1 Å². The van der Waals surface area contributed by atoms with Gasteiger partial charge in [0.2, 0.25) is 0 Å². The fourth-order valence-electron chi connectivity index (χ4n) is 2.67. The van der Waals surface area contributed by atoms with Crippen LogP contribution in [0.2, 0.25) is 0 Å². The van der Waals surface area contributed by atoms with Gasteiger partial charge in [-0.3, -0.25) is 0 Å². The third-order valence-electron chi connectivity index (χ3n) is 3.75. The number of furan rings is 1. The summed E-state index contributed by atoms with van der Waals surface area (Å²) in [4.78, 5) is 9.88. The maximum atomic E-state index is 5.34. The molecule has 0 fully saturated rings. The van der Waals surface area contributed by atoms with Gasteiger partial charge in [-0.25, -0.2) is 4.98 Å². The van der Waals surface area contributed by atoms with Crippen LogP contribution in [0.5, 0.6) is 0 Å². The monoisotopic (exact) mass is 260 g/mol. The summed E-state index contributed by atoms with van der Waals surface area (Å²) in [5.74, 6) is 1.01. The van der Waals surface area contributed by atoms with Crippen LogP contribution in [-0.2, 0) is 19.5 Å². The molecular formula is C14H20N4O. The predicted molar refractivity (Wildman–Crippen MR) is 72.7 cm³/mol. The molecule has 1 atom stereocenters. The minimum Gasteiger partial charge on any atom is -0.469 e. The first-order valence-corrected chi connectivity index (χ1v) is 6.68. The van der Waals surface area contributed by atoms with E-state index in [1.54, 1.807) is 12.6 Å². The second-order valence-electron chi connectivity index (χ2n) is 5.31. The van der Waals surface area contributed by atoms with Crippen LogP contribution in [0.3, 0.4) is 0 Å². The second kappa shape index (κ2) is 5.19. The van der Waals surface area contributed by atoms with Gasteiger partial charge in [-0.15, -0.1) is 0 Å². The smallest absolute Gasteiger partial charge is 0.105 e. The van der Waals surface area contributed by atoms with Gasteiger partial charge in [-0.1, -0.05) is 0 Å². The number of aromatic amines is 1. The molecule has 0 saturated carbocycles. The van der Waals surface area contributed by atoms with Crippen molar-refractivity contribution >= 4 is 0 Å². The summed E-state index contributed by atoms with van der Waals surface area (Å²) in [6, 6.07) is 2.51. The molecule has 5 heteroatoms. The number of hydrogen-bond donors (Lipinski definition) is 2. The number of likely N-dealkylation sites (N-methyl/N-ethyl adjacent to an activating group) is 1. The van der Waals surface area contributed by atoms with Crippen LogP contribution < -0.4 is 5.32 Å². The Morgan fingerprint density at radius 1 is 1.53 bits per heavy atom. The first kappa shape index (κ1) is 12.4. The third kappa shape index (κ3) is 2.72.